The van der Waals surface area contributed by atoms with Crippen LogP contribution in [-0.4, -0.2) is 24.3 Å². The summed E-state index contributed by atoms with van der Waals surface area (Å²) < 4.78 is 10.2. The van der Waals surface area contributed by atoms with Gasteiger partial charge in [-0.2, -0.15) is 5.10 Å². The molecule has 0 radical (unpaired) electrons. The molecule has 0 aliphatic heterocycles. The molecule has 6 aromatic rings. The number of benzene rings is 2. The lowest BCUT2D eigenvalue weighted by atomic mass is 10.1. The molecule has 0 fully saturated rings. The van der Waals surface area contributed by atoms with Crippen LogP contribution in [0.25, 0.3) is 39.0 Å². The van der Waals surface area contributed by atoms with Crippen molar-refractivity contribution in [3.63, 3.8) is 0 Å². The number of hydrogen-bond acceptors (Lipinski definition) is 4. The van der Waals surface area contributed by atoms with Crippen molar-refractivity contribution in [2.24, 2.45) is 0 Å². The van der Waals surface area contributed by atoms with Gasteiger partial charge in [0.25, 0.3) is 0 Å². The van der Waals surface area contributed by atoms with Crippen LogP contribution in [0.1, 0.15) is 12.6 Å². The summed E-state index contributed by atoms with van der Waals surface area (Å²) in [5, 5.41) is 6.62. The van der Waals surface area contributed by atoms with Crippen molar-refractivity contribution in [2.45, 2.75) is 6.92 Å². The van der Waals surface area contributed by atoms with Crippen molar-refractivity contribution in [1.82, 2.24) is 24.3 Å². The van der Waals surface area contributed by atoms with Crippen LogP contribution in [0.3, 0.4) is 0 Å². The number of ether oxygens (including phenoxy) is 1. The van der Waals surface area contributed by atoms with Gasteiger partial charge in [-0.25, -0.2) is 14.6 Å². The minimum absolute atomic E-state index is 0.665. The smallest absolute Gasteiger partial charge is 0.157 e. The van der Waals surface area contributed by atoms with Crippen LogP contribution in [0.5, 0.6) is 11.5 Å². The van der Waals surface area contributed by atoms with Gasteiger partial charge in [0.15, 0.2) is 5.82 Å². The van der Waals surface area contributed by atoms with Crippen LogP contribution in [0.2, 0.25) is 0 Å². The first kappa shape index (κ1) is 19.9. The molecule has 0 bridgehead atoms. The standard InChI is InChI=1S/C28H21N5O/c1-19(2)24-16-21(18-28(31-24)32-15-7-14-30-32)34-20-11-12-23-22-8-3-4-9-25(22)33(26(23)17-20)27-10-5-6-13-29-27/h3-18H,1H2,2H3. The molecule has 0 saturated carbocycles. The Kier molecular flexibility index (Phi) is 4.70. The normalized spacial score (nSPS) is 11.2. The Morgan fingerprint density at radius 2 is 1.65 bits per heavy atom. The molecule has 0 N–H and O–H groups in total. The van der Waals surface area contributed by atoms with Gasteiger partial charge in [0.1, 0.15) is 17.3 Å². The first-order valence-electron chi connectivity index (χ1n) is 11.0. The summed E-state index contributed by atoms with van der Waals surface area (Å²) in [7, 11) is 0. The predicted octanol–water partition coefficient (Wildman–Crippen LogP) is 6.58. The molecule has 0 aliphatic rings. The first-order valence-corrected chi connectivity index (χ1v) is 11.0. The number of nitrogens with zero attached hydrogens (tertiary/aromatic N) is 5. The maximum Gasteiger partial charge on any atom is 0.157 e. The van der Waals surface area contributed by atoms with E-state index in [0.29, 0.717) is 11.6 Å². The van der Waals surface area contributed by atoms with Crippen molar-refractivity contribution in [1.29, 1.82) is 0 Å². The van der Waals surface area contributed by atoms with Crippen LogP contribution in [0, 0.1) is 0 Å². The third-order valence-corrected chi connectivity index (χ3v) is 5.72. The van der Waals surface area contributed by atoms with Gasteiger partial charge < -0.3 is 4.74 Å². The lowest BCUT2D eigenvalue weighted by molar-refractivity contribution is 0.481. The Bertz CT molecular complexity index is 1650. The van der Waals surface area contributed by atoms with Crippen molar-refractivity contribution in [2.75, 3.05) is 0 Å². The highest BCUT2D eigenvalue weighted by atomic mass is 16.5. The van der Waals surface area contributed by atoms with E-state index in [2.05, 4.69) is 56.5 Å². The fraction of sp³-hybridized carbons (Fsp3) is 0.0357. The molecule has 6 rings (SSSR count). The van der Waals surface area contributed by atoms with Gasteiger partial charge in [-0.3, -0.25) is 4.57 Å². The lowest BCUT2D eigenvalue weighted by Crippen LogP contribution is -2.01. The second kappa shape index (κ2) is 8.01. The number of fused-ring (bicyclic) bond motifs is 3. The molecule has 164 valence electrons. The zero-order chi connectivity index (χ0) is 23.1. The van der Waals surface area contributed by atoms with Crippen LogP contribution in [0.4, 0.5) is 0 Å². The van der Waals surface area contributed by atoms with Crippen molar-refractivity contribution in [3.8, 4) is 23.1 Å². The number of pyridine rings is 2. The summed E-state index contributed by atoms with van der Waals surface area (Å²) in [4.78, 5) is 9.26. The maximum absolute atomic E-state index is 6.35. The summed E-state index contributed by atoms with van der Waals surface area (Å²) >= 11 is 0. The molecule has 0 saturated heterocycles. The highest BCUT2D eigenvalue weighted by Crippen LogP contribution is 2.35. The minimum atomic E-state index is 0.665. The van der Waals surface area contributed by atoms with Crippen LogP contribution < -0.4 is 4.74 Å². The van der Waals surface area contributed by atoms with Gasteiger partial charge in [-0.05, 0) is 48.9 Å². The van der Waals surface area contributed by atoms with Gasteiger partial charge in [0.05, 0.1) is 16.7 Å². The average molecular weight is 444 g/mol. The van der Waals surface area contributed by atoms with Crippen molar-refractivity contribution in [3.05, 3.63) is 110 Å². The van der Waals surface area contributed by atoms with E-state index in [0.717, 1.165) is 39.3 Å². The Morgan fingerprint density at radius 3 is 2.44 bits per heavy atom. The molecule has 0 unspecified atom stereocenters. The number of allylic oxidation sites excluding steroid dienone is 1. The Labute approximate surface area is 196 Å². The van der Waals surface area contributed by atoms with Crippen molar-refractivity contribution < 1.29 is 4.74 Å². The number of rotatable bonds is 5. The van der Waals surface area contributed by atoms with E-state index in [9.17, 15) is 0 Å². The summed E-state index contributed by atoms with van der Waals surface area (Å²) in [6.07, 6.45) is 5.38. The zero-order valence-corrected chi connectivity index (χ0v) is 18.6. The van der Waals surface area contributed by atoms with Crippen LogP contribution in [0.15, 0.2) is 104 Å². The summed E-state index contributed by atoms with van der Waals surface area (Å²) in [6.45, 7) is 5.98. The highest BCUT2D eigenvalue weighted by molar-refractivity contribution is 6.09. The lowest BCUT2D eigenvalue weighted by Gasteiger charge is -2.11. The molecule has 0 atom stereocenters. The highest BCUT2D eigenvalue weighted by Gasteiger charge is 2.14. The van der Waals surface area contributed by atoms with Gasteiger partial charge in [-0.15, -0.1) is 0 Å². The third-order valence-electron chi connectivity index (χ3n) is 5.72. The van der Waals surface area contributed by atoms with Gasteiger partial charge in [-0.1, -0.05) is 30.8 Å². The fourth-order valence-electron chi connectivity index (χ4n) is 4.17. The van der Waals surface area contributed by atoms with E-state index in [-0.39, 0.29) is 0 Å². The van der Waals surface area contributed by atoms with E-state index in [1.165, 1.54) is 5.39 Å². The molecule has 4 aromatic heterocycles. The maximum atomic E-state index is 6.35. The second-order valence-electron chi connectivity index (χ2n) is 8.10. The summed E-state index contributed by atoms with van der Waals surface area (Å²) in [6, 6.07) is 26.1. The minimum Gasteiger partial charge on any atom is -0.457 e. The van der Waals surface area contributed by atoms with E-state index >= 15 is 0 Å². The largest absolute Gasteiger partial charge is 0.457 e. The molecule has 34 heavy (non-hydrogen) atoms. The molecule has 2 aromatic carbocycles. The third kappa shape index (κ3) is 3.42. The zero-order valence-electron chi connectivity index (χ0n) is 18.6. The Balaban J connectivity index is 1.49. The average Bonchev–Trinajstić information content (AvgIpc) is 3.51. The summed E-state index contributed by atoms with van der Waals surface area (Å²) in [5.41, 5.74) is 3.73. The Hall–Kier alpha value is -4.71. The summed E-state index contributed by atoms with van der Waals surface area (Å²) in [5.74, 6) is 2.92. The Morgan fingerprint density at radius 1 is 0.794 bits per heavy atom. The van der Waals surface area contributed by atoms with Gasteiger partial charge in [0, 0.05) is 47.6 Å². The van der Waals surface area contributed by atoms with E-state index in [4.69, 9.17) is 4.74 Å². The fourth-order valence-corrected chi connectivity index (χ4v) is 4.17. The first-order chi connectivity index (χ1) is 16.7. The number of para-hydroxylation sites is 1. The molecule has 0 spiro atoms. The SMILES string of the molecule is C=C(C)c1cc(Oc2ccc3c4ccccc4n(-c4ccccn4)c3c2)cc(-n2cccn2)n1. The molecule has 6 nitrogen and oxygen atoms in total. The number of aromatic nitrogens is 5. The van der Waals surface area contributed by atoms with Gasteiger partial charge >= 0.3 is 0 Å². The van der Waals surface area contributed by atoms with Crippen LogP contribution in [-0.2, 0) is 0 Å². The molecular formula is C28H21N5O. The second-order valence-corrected chi connectivity index (χ2v) is 8.10. The monoisotopic (exact) mass is 443 g/mol. The molecule has 0 amide bonds. The predicted molar refractivity (Wildman–Crippen MR) is 135 cm³/mol. The van der Waals surface area contributed by atoms with Crippen LogP contribution >= 0.6 is 0 Å². The van der Waals surface area contributed by atoms with E-state index < -0.39 is 0 Å². The quantitative estimate of drug-likeness (QED) is 0.302. The topological polar surface area (TPSA) is 57.8 Å². The molecule has 4 heterocycles. The molecule has 0 aliphatic carbocycles. The van der Waals surface area contributed by atoms with Gasteiger partial charge in [0.2, 0.25) is 0 Å². The van der Waals surface area contributed by atoms with E-state index in [1.807, 2.05) is 67.8 Å². The van der Waals surface area contributed by atoms with Crippen molar-refractivity contribution >= 4 is 27.4 Å². The molecule has 6 heteroatoms. The molecular weight excluding hydrogens is 422 g/mol. The number of hydrogen-bond donors (Lipinski definition) is 0. The van der Waals surface area contributed by atoms with E-state index in [1.54, 1.807) is 10.9 Å².